The van der Waals surface area contributed by atoms with Crippen LogP contribution < -0.4 is 0 Å². The Morgan fingerprint density at radius 2 is 2.25 bits per heavy atom. The van der Waals surface area contributed by atoms with Gasteiger partial charge in [0.1, 0.15) is 6.54 Å². The van der Waals surface area contributed by atoms with E-state index in [1.165, 1.54) is 0 Å². The van der Waals surface area contributed by atoms with E-state index in [0.29, 0.717) is 6.54 Å². The Hall–Kier alpha value is -0.600. The summed E-state index contributed by atoms with van der Waals surface area (Å²) in [6, 6.07) is 0. The maximum absolute atomic E-state index is 10.9. The minimum Gasteiger partial charge on any atom is -0.628 e. The number of hydroxylamine groups is 3. The van der Waals surface area contributed by atoms with Crippen molar-refractivity contribution in [3.63, 3.8) is 0 Å². The first-order chi connectivity index (χ1) is 3.71. The number of hydrogen-bond acceptors (Lipinski definition) is 1. The number of allylic oxidation sites excluding steroid dienone is 2. The number of rotatable bonds is 0. The third kappa shape index (κ3) is 1.18. The van der Waals surface area contributed by atoms with Crippen LogP contribution >= 0.6 is 0 Å². The molecule has 44 valence electrons. The zero-order valence-electron chi connectivity index (χ0n) is 4.87. The molecule has 0 radical (unpaired) electrons. The predicted molar refractivity (Wildman–Crippen MR) is 32.7 cm³/mol. The topological polar surface area (TPSA) is 23.1 Å². The van der Waals surface area contributed by atoms with Gasteiger partial charge < -0.3 is 9.85 Å². The quantitative estimate of drug-likeness (QED) is 0.338. The van der Waals surface area contributed by atoms with E-state index in [1.807, 2.05) is 12.2 Å². The van der Waals surface area contributed by atoms with Crippen LogP contribution in [-0.2, 0) is 0 Å². The first-order valence-electron chi connectivity index (χ1n) is 2.61. The van der Waals surface area contributed by atoms with Gasteiger partial charge in [-0.15, -0.1) is 0 Å². The molecule has 0 saturated carbocycles. The van der Waals surface area contributed by atoms with E-state index < -0.39 is 0 Å². The summed E-state index contributed by atoms with van der Waals surface area (Å²) in [5.74, 6) is 0. The molecular formula is C6H9NO. The highest BCUT2D eigenvalue weighted by Gasteiger charge is 2.02. The lowest BCUT2D eigenvalue weighted by Gasteiger charge is -2.34. The molecule has 2 nitrogen and oxygen atoms in total. The maximum atomic E-state index is 10.9. The molecule has 1 heterocycles. The maximum Gasteiger partial charge on any atom is 0.101 e. The molecule has 2 heteroatoms. The van der Waals surface area contributed by atoms with Gasteiger partial charge in [0, 0.05) is 0 Å². The number of hydrogen-bond donors (Lipinski definition) is 0. The van der Waals surface area contributed by atoms with Crippen LogP contribution in [0.3, 0.4) is 0 Å². The normalized spacial score (nSPS) is 35.8. The standard InChI is InChI=1S/C6H9NO/c1-7(8)5-3-2-4-6-7/h2-5H,6H2,1H3. The molecule has 1 aliphatic heterocycles. The van der Waals surface area contributed by atoms with Gasteiger partial charge >= 0.3 is 0 Å². The molecule has 0 aromatic rings. The number of quaternary nitrogens is 1. The lowest BCUT2D eigenvalue weighted by Crippen LogP contribution is -2.31. The number of nitrogens with zero attached hydrogens (tertiary/aromatic N) is 1. The molecule has 1 unspecified atom stereocenters. The van der Waals surface area contributed by atoms with E-state index in [-0.39, 0.29) is 4.65 Å². The molecule has 1 atom stereocenters. The average molecular weight is 111 g/mol. The fraction of sp³-hybridized carbons (Fsp3) is 0.333. The molecular weight excluding hydrogens is 102 g/mol. The molecule has 8 heavy (non-hydrogen) atoms. The van der Waals surface area contributed by atoms with Crippen LogP contribution in [-0.4, -0.2) is 18.2 Å². The monoisotopic (exact) mass is 111 g/mol. The van der Waals surface area contributed by atoms with Crippen molar-refractivity contribution in [1.82, 2.24) is 0 Å². The smallest absolute Gasteiger partial charge is 0.101 e. The molecule has 0 amide bonds. The zero-order valence-corrected chi connectivity index (χ0v) is 4.87. The van der Waals surface area contributed by atoms with Crippen LogP contribution in [0.25, 0.3) is 0 Å². The van der Waals surface area contributed by atoms with Gasteiger partial charge in [-0.3, -0.25) is 0 Å². The number of likely N-dealkylation sites (N-methyl/N-ethyl adjacent to an activating group) is 1. The van der Waals surface area contributed by atoms with Crippen molar-refractivity contribution >= 4 is 0 Å². The minimum absolute atomic E-state index is 0.267. The fourth-order valence-corrected chi connectivity index (χ4v) is 0.641. The molecule has 0 fully saturated rings. The van der Waals surface area contributed by atoms with Gasteiger partial charge in [0.15, 0.2) is 0 Å². The van der Waals surface area contributed by atoms with Crippen molar-refractivity contribution in [2.45, 2.75) is 0 Å². The largest absolute Gasteiger partial charge is 0.628 e. The Balaban J connectivity index is 2.65. The van der Waals surface area contributed by atoms with Gasteiger partial charge in [0.2, 0.25) is 0 Å². The van der Waals surface area contributed by atoms with Gasteiger partial charge in [0.05, 0.1) is 13.2 Å². The summed E-state index contributed by atoms with van der Waals surface area (Å²) in [6.45, 7) is 0.566. The Bertz CT molecular complexity index is 135. The second-order valence-electron chi connectivity index (χ2n) is 2.13. The SMILES string of the molecule is C[N+]1([O-])C=CC=CC1. The van der Waals surface area contributed by atoms with Crippen molar-refractivity contribution < 1.29 is 4.65 Å². The summed E-state index contributed by atoms with van der Waals surface area (Å²) in [4.78, 5) is 0. The molecule has 0 bridgehead atoms. The molecule has 0 N–H and O–H groups in total. The summed E-state index contributed by atoms with van der Waals surface area (Å²) in [7, 11) is 1.62. The second kappa shape index (κ2) is 1.73. The predicted octanol–water partition coefficient (Wildman–Crippen LogP) is 1.01. The van der Waals surface area contributed by atoms with Gasteiger partial charge in [-0.05, 0) is 12.2 Å². The highest BCUT2D eigenvalue weighted by Crippen LogP contribution is 2.04. The highest BCUT2D eigenvalue weighted by atomic mass is 16.5. The van der Waals surface area contributed by atoms with Crippen LogP contribution in [0.4, 0.5) is 0 Å². The van der Waals surface area contributed by atoms with Gasteiger partial charge in [0.25, 0.3) is 0 Å². The Kier molecular flexibility index (Phi) is 1.19. The summed E-state index contributed by atoms with van der Waals surface area (Å²) in [5, 5.41) is 10.9. The van der Waals surface area contributed by atoms with Gasteiger partial charge in [-0.1, -0.05) is 6.08 Å². The van der Waals surface area contributed by atoms with Crippen molar-refractivity contribution in [2.75, 3.05) is 13.6 Å². The zero-order chi connectivity index (χ0) is 6.04. The Morgan fingerprint density at radius 3 is 2.50 bits per heavy atom. The van der Waals surface area contributed by atoms with Crippen molar-refractivity contribution in [2.24, 2.45) is 0 Å². The molecule has 1 aliphatic rings. The molecule has 0 aliphatic carbocycles. The van der Waals surface area contributed by atoms with Crippen LogP contribution in [0.5, 0.6) is 0 Å². The van der Waals surface area contributed by atoms with Gasteiger partial charge in [-0.25, -0.2) is 0 Å². The molecule has 1 rings (SSSR count). The van der Waals surface area contributed by atoms with Gasteiger partial charge in [-0.2, -0.15) is 0 Å². The summed E-state index contributed by atoms with van der Waals surface area (Å²) in [5.41, 5.74) is 0. The third-order valence-electron chi connectivity index (χ3n) is 1.12. The van der Waals surface area contributed by atoms with E-state index in [1.54, 1.807) is 19.3 Å². The highest BCUT2D eigenvalue weighted by molar-refractivity contribution is 5.03. The Labute approximate surface area is 48.9 Å². The van der Waals surface area contributed by atoms with E-state index in [4.69, 9.17) is 0 Å². The summed E-state index contributed by atoms with van der Waals surface area (Å²) < 4.78 is -0.267. The summed E-state index contributed by atoms with van der Waals surface area (Å²) >= 11 is 0. The Morgan fingerprint density at radius 1 is 1.50 bits per heavy atom. The van der Waals surface area contributed by atoms with E-state index >= 15 is 0 Å². The van der Waals surface area contributed by atoms with Crippen LogP contribution in [0.1, 0.15) is 0 Å². The van der Waals surface area contributed by atoms with Crippen molar-refractivity contribution in [3.8, 4) is 0 Å². The van der Waals surface area contributed by atoms with Crippen LogP contribution in [0, 0.1) is 5.21 Å². The molecule has 0 spiro atoms. The average Bonchev–Trinajstić information content (AvgIpc) is 1.65. The third-order valence-corrected chi connectivity index (χ3v) is 1.12. The summed E-state index contributed by atoms with van der Waals surface area (Å²) in [6.07, 6.45) is 7.15. The first-order valence-corrected chi connectivity index (χ1v) is 2.61. The molecule has 0 aromatic heterocycles. The molecule has 0 saturated heterocycles. The van der Waals surface area contributed by atoms with Crippen LogP contribution in [0.15, 0.2) is 24.4 Å². The van der Waals surface area contributed by atoms with E-state index in [9.17, 15) is 5.21 Å². The first kappa shape index (κ1) is 5.54. The van der Waals surface area contributed by atoms with Crippen molar-refractivity contribution in [1.29, 1.82) is 0 Å². The minimum atomic E-state index is -0.267. The molecule has 0 aromatic carbocycles. The van der Waals surface area contributed by atoms with E-state index in [0.717, 1.165) is 0 Å². The van der Waals surface area contributed by atoms with Crippen molar-refractivity contribution in [3.05, 3.63) is 29.6 Å². The van der Waals surface area contributed by atoms with Crippen LogP contribution in [0.2, 0.25) is 0 Å². The fourth-order valence-electron chi connectivity index (χ4n) is 0.641. The van der Waals surface area contributed by atoms with E-state index in [2.05, 4.69) is 0 Å². The lowest BCUT2D eigenvalue weighted by atomic mass is 10.4. The lowest BCUT2D eigenvalue weighted by molar-refractivity contribution is -0.801. The second-order valence-corrected chi connectivity index (χ2v) is 2.13.